The first-order valence-electron chi connectivity index (χ1n) is 8.13. The molecule has 0 bridgehead atoms. The Hall–Kier alpha value is -3.02. The zero-order chi connectivity index (χ0) is 19.3. The summed E-state index contributed by atoms with van der Waals surface area (Å²) in [5.74, 6) is -2.52. The zero-order valence-corrected chi connectivity index (χ0v) is 14.8. The predicted octanol–water partition coefficient (Wildman–Crippen LogP) is 2.99. The molecule has 1 amide bonds. The van der Waals surface area contributed by atoms with Crippen molar-refractivity contribution >= 4 is 17.7 Å². The van der Waals surface area contributed by atoms with E-state index in [1.807, 2.05) is 19.9 Å². The fraction of sp³-hybridized carbons (Fsp3) is 0.250. The van der Waals surface area contributed by atoms with Crippen LogP contribution in [-0.2, 0) is 9.53 Å². The molecule has 0 aromatic heterocycles. The Morgan fingerprint density at radius 1 is 1.08 bits per heavy atom. The molecule has 6 heteroatoms. The van der Waals surface area contributed by atoms with E-state index >= 15 is 0 Å². The van der Waals surface area contributed by atoms with E-state index < -0.39 is 30.3 Å². The molecule has 0 radical (unpaired) electrons. The van der Waals surface area contributed by atoms with Crippen molar-refractivity contribution in [3.8, 4) is 0 Å². The molecule has 2 aromatic rings. The van der Waals surface area contributed by atoms with Crippen molar-refractivity contribution in [2.75, 3.05) is 6.54 Å². The molecule has 0 spiro atoms. The van der Waals surface area contributed by atoms with E-state index in [0.29, 0.717) is 5.56 Å². The second-order valence-corrected chi connectivity index (χ2v) is 5.96. The van der Waals surface area contributed by atoms with Crippen LogP contribution < -0.4 is 5.32 Å². The third-order valence-electron chi connectivity index (χ3n) is 3.98. The highest BCUT2D eigenvalue weighted by atomic mass is 19.1. The topological polar surface area (TPSA) is 72.5 Å². The highest BCUT2D eigenvalue weighted by Crippen LogP contribution is 2.13. The first kappa shape index (κ1) is 19.3. The van der Waals surface area contributed by atoms with Crippen LogP contribution in [0.5, 0.6) is 0 Å². The Labute approximate surface area is 151 Å². The first-order chi connectivity index (χ1) is 12.3. The van der Waals surface area contributed by atoms with Gasteiger partial charge in [-0.2, -0.15) is 0 Å². The van der Waals surface area contributed by atoms with Gasteiger partial charge in [0.2, 0.25) is 5.78 Å². The quantitative estimate of drug-likeness (QED) is 0.637. The number of Topliss-reactive ketones (excluding diaryl/α,β-unsaturated/α-hetero) is 1. The molecule has 0 fully saturated rings. The lowest BCUT2D eigenvalue weighted by molar-refractivity contribution is -0.145. The van der Waals surface area contributed by atoms with Gasteiger partial charge in [0.15, 0.2) is 6.10 Å². The van der Waals surface area contributed by atoms with Crippen molar-refractivity contribution in [1.82, 2.24) is 5.32 Å². The maximum Gasteiger partial charge on any atom is 0.326 e. The van der Waals surface area contributed by atoms with Gasteiger partial charge in [-0.25, -0.2) is 4.39 Å². The lowest BCUT2D eigenvalue weighted by Crippen LogP contribution is -2.34. The number of carbonyl (C=O) groups is 3. The van der Waals surface area contributed by atoms with Crippen LogP contribution in [0.4, 0.5) is 4.39 Å². The van der Waals surface area contributed by atoms with Crippen LogP contribution in [0.25, 0.3) is 0 Å². The van der Waals surface area contributed by atoms with E-state index in [-0.39, 0.29) is 11.3 Å². The molecule has 0 aliphatic carbocycles. The standard InChI is InChI=1S/C20H20FNO4/c1-12-8-9-15(10-13(12)2)19(24)14(3)26-18(23)11-22-20(25)16-6-4-5-7-17(16)21/h4-10,14H,11H2,1-3H3,(H,22,25)/t14-/m1/s1. The number of ketones is 1. The number of hydrogen-bond acceptors (Lipinski definition) is 4. The number of esters is 1. The fourth-order valence-corrected chi connectivity index (χ4v) is 2.31. The Bertz CT molecular complexity index is 847. The molecule has 0 saturated heterocycles. The van der Waals surface area contributed by atoms with E-state index in [1.54, 1.807) is 12.1 Å². The second kappa shape index (κ2) is 8.38. The molecule has 0 aliphatic heterocycles. The number of benzene rings is 2. The molecule has 1 atom stereocenters. The molecule has 1 N–H and O–H groups in total. The van der Waals surface area contributed by atoms with Gasteiger partial charge < -0.3 is 10.1 Å². The molecule has 0 saturated carbocycles. The number of nitrogens with one attached hydrogen (secondary N) is 1. The number of carbonyl (C=O) groups excluding carboxylic acids is 3. The molecule has 136 valence electrons. The SMILES string of the molecule is Cc1ccc(C(=O)[C@@H](C)OC(=O)CNC(=O)c2ccccc2F)cc1C. The number of amides is 1. The largest absolute Gasteiger partial charge is 0.453 e. The zero-order valence-electron chi connectivity index (χ0n) is 14.8. The van der Waals surface area contributed by atoms with Gasteiger partial charge in [-0.05, 0) is 50.1 Å². The molecule has 0 heterocycles. The molecular weight excluding hydrogens is 337 g/mol. The normalized spacial score (nSPS) is 11.5. The van der Waals surface area contributed by atoms with E-state index in [9.17, 15) is 18.8 Å². The van der Waals surface area contributed by atoms with Crippen molar-refractivity contribution < 1.29 is 23.5 Å². The van der Waals surface area contributed by atoms with Crippen LogP contribution >= 0.6 is 0 Å². The average Bonchev–Trinajstić information content (AvgIpc) is 2.61. The van der Waals surface area contributed by atoms with Crippen LogP contribution in [0, 0.1) is 19.7 Å². The smallest absolute Gasteiger partial charge is 0.326 e. The number of ether oxygens (including phenoxy) is 1. The van der Waals surface area contributed by atoms with Gasteiger partial charge >= 0.3 is 5.97 Å². The van der Waals surface area contributed by atoms with Crippen molar-refractivity contribution in [2.45, 2.75) is 26.9 Å². The lowest BCUT2D eigenvalue weighted by Gasteiger charge is -2.13. The number of aryl methyl sites for hydroxylation is 2. The number of hydrogen-bond donors (Lipinski definition) is 1. The van der Waals surface area contributed by atoms with Crippen molar-refractivity contribution in [2.24, 2.45) is 0 Å². The Balaban J connectivity index is 1.90. The van der Waals surface area contributed by atoms with Gasteiger partial charge in [0.1, 0.15) is 12.4 Å². The molecule has 0 unspecified atom stereocenters. The summed E-state index contributed by atoms with van der Waals surface area (Å²) in [4.78, 5) is 36.0. The summed E-state index contributed by atoms with van der Waals surface area (Å²) in [5, 5.41) is 2.28. The minimum atomic E-state index is -0.991. The van der Waals surface area contributed by atoms with Crippen LogP contribution in [-0.4, -0.2) is 30.3 Å². The van der Waals surface area contributed by atoms with E-state index in [4.69, 9.17) is 4.74 Å². The number of halogens is 1. The van der Waals surface area contributed by atoms with Gasteiger partial charge in [0, 0.05) is 5.56 Å². The maximum absolute atomic E-state index is 13.5. The second-order valence-electron chi connectivity index (χ2n) is 5.96. The minimum Gasteiger partial charge on any atom is -0.453 e. The summed E-state index contributed by atoms with van der Waals surface area (Å²) < 4.78 is 18.6. The monoisotopic (exact) mass is 357 g/mol. The summed E-state index contributed by atoms with van der Waals surface area (Å²) in [6.45, 7) is 4.83. The fourth-order valence-electron chi connectivity index (χ4n) is 2.31. The average molecular weight is 357 g/mol. The van der Waals surface area contributed by atoms with Crippen LogP contribution in [0.2, 0.25) is 0 Å². The van der Waals surface area contributed by atoms with Gasteiger partial charge in [-0.15, -0.1) is 0 Å². The molecule has 2 aromatic carbocycles. The van der Waals surface area contributed by atoms with E-state index in [1.165, 1.54) is 25.1 Å². The minimum absolute atomic E-state index is 0.167. The van der Waals surface area contributed by atoms with Gasteiger partial charge in [-0.1, -0.05) is 24.3 Å². The van der Waals surface area contributed by atoms with Crippen LogP contribution in [0.3, 0.4) is 0 Å². The third-order valence-corrected chi connectivity index (χ3v) is 3.98. The summed E-state index contributed by atoms with van der Waals surface area (Å²) >= 11 is 0. The van der Waals surface area contributed by atoms with Crippen molar-refractivity contribution in [1.29, 1.82) is 0 Å². The molecular formula is C20H20FNO4. The van der Waals surface area contributed by atoms with Gasteiger partial charge in [0.25, 0.3) is 5.91 Å². The summed E-state index contributed by atoms with van der Waals surface area (Å²) in [5.41, 5.74) is 2.30. The first-order valence-corrected chi connectivity index (χ1v) is 8.13. The summed E-state index contributed by atoms with van der Waals surface area (Å²) in [6.07, 6.45) is -0.991. The van der Waals surface area contributed by atoms with E-state index in [0.717, 1.165) is 17.2 Å². The molecule has 26 heavy (non-hydrogen) atoms. The number of rotatable bonds is 6. The Morgan fingerprint density at radius 2 is 1.77 bits per heavy atom. The third kappa shape index (κ3) is 4.75. The lowest BCUT2D eigenvalue weighted by atomic mass is 10.0. The highest BCUT2D eigenvalue weighted by molar-refractivity contribution is 6.01. The Morgan fingerprint density at radius 3 is 2.42 bits per heavy atom. The van der Waals surface area contributed by atoms with E-state index in [2.05, 4.69) is 5.32 Å². The molecule has 0 aliphatic rings. The maximum atomic E-state index is 13.5. The summed E-state index contributed by atoms with van der Waals surface area (Å²) in [7, 11) is 0. The van der Waals surface area contributed by atoms with Gasteiger partial charge in [-0.3, -0.25) is 14.4 Å². The van der Waals surface area contributed by atoms with Crippen LogP contribution in [0.1, 0.15) is 38.8 Å². The van der Waals surface area contributed by atoms with Crippen LogP contribution in [0.15, 0.2) is 42.5 Å². The summed E-state index contributed by atoms with van der Waals surface area (Å²) in [6, 6.07) is 10.7. The van der Waals surface area contributed by atoms with Crippen molar-refractivity contribution in [3.05, 3.63) is 70.5 Å². The highest BCUT2D eigenvalue weighted by Gasteiger charge is 2.20. The predicted molar refractivity (Wildman–Crippen MR) is 94.5 cm³/mol. The van der Waals surface area contributed by atoms with Crippen molar-refractivity contribution in [3.63, 3.8) is 0 Å². The van der Waals surface area contributed by atoms with Gasteiger partial charge in [0.05, 0.1) is 5.56 Å². The Kier molecular flexibility index (Phi) is 6.22. The molecule has 2 rings (SSSR count). The molecule has 5 nitrogen and oxygen atoms in total.